The molecule has 1 heterocycles. The van der Waals surface area contributed by atoms with Crippen LogP contribution in [0.1, 0.15) is 38.5 Å². The van der Waals surface area contributed by atoms with Gasteiger partial charge in [-0.15, -0.1) is 0 Å². The van der Waals surface area contributed by atoms with E-state index in [1.54, 1.807) is 0 Å². The maximum atomic E-state index is 11.9. The minimum absolute atomic E-state index is 0.0377. The molecule has 1 saturated heterocycles. The first-order valence-corrected chi connectivity index (χ1v) is 6.77. The Morgan fingerprint density at radius 1 is 1.21 bits per heavy atom. The number of ether oxygens (including phenoxy) is 1. The van der Waals surface area contributed by atoms with Gasteiger partial charge in [-0.1, -0.05) is 0 Å². The van der Waals surface area contributed by atoms with Crippen LogP contribution >= 0.6 is 0 Å². The van der Waals surface area contributed by atoms with E-state index in [1.165, 1.54) is 7.11 Å². The van der Waals surface area contributed by atoms with Crippen molar-refractivity contribution in [2.45, 2.75) is 50.6 Å². The molecule has 0 aromatic carbocycles. The fourth-order valence-electron chi connectivity index (χ4n) is 2.75. The molecule has 1 saturated carbocycles. The molecule has 6 heteroatoms. The number of methoxy groups -OCH3 is 1. The first-order valence-electron chi connectivity index (χ1n) is 6.77. The summed E-state index contributed by atoms with van der Waals surface area (Å²) in [4.78, 5) is 34.4. The largest absolute Gasteiger partial charge is 0.469 e. The third-order valence-corrected chi connectivity index (χ3v) is 3.92. The van der Waals surface area contributed by atoms with Gasteiger partial charge in [0.25, 0.3) is 0 Å². The van der Waals surface area contributed by atoms with Gasteiger partial charge in [-0.2, -0.15) is 0 Å². The molecule has 106 valence electrons. The van der Waals surface area contributed by atoms with Crippen LogP contribution in [0.3, 0.4) is 0 Å². The maximum Gasteiger partial charge on any atom is 0.308 e. The zero-order valence-corrected chi connectivity index (χ0v) is 11.1. The topological polar surface area (TPSA) is 84.5 Å². The molecule has 6 nitrogen and oxygen atoms in total. The van der Waals surface area contributed by atoms with E-state index in [-0.39, 0.29) is 35.8 Å². The normalized spacial score (nSPS) is 30.6. The average Bonchev–Trinajstić information content (AvgIpc) is 2.85. The van der Waals surface area contributed by atoms with E-state index in [0.29, 0.717) is 12.8 Å². The summed E-state index contributed by atoms with van der Waals surface area (Å²) in [7, 11) is 1.40. The molecule has 1 aliphatic heterocycles. The standard InChI is InChI=1S/C13H20N2O4/c1-19-13(18)8-2-4-9(5-3-8)14-12(17)10-6-7-11(16)15-10/h8-10H,2-7H2,1H3,(H,14,17)(H,15,16). The van der Waals surface area contributed by atoms with Crippen molar-refractivity contribution in [3.05, 3.63) is 0 Å². The Kier molecular flexibility index (Phi) is 4.39. The molecule has 2 amide bonds. The van der Waals surface area contributed by atoms with E-state index >= 15 is 0 Å². The Balaban J connectivity index is 1.75. The molecule has 0 bridgehead atoms. The summed E-state index contributed by atoms with van der Waals surface area (Å²) in [6.45, 7) is 0. The number of esters is 1. The minimum atomic E-state index is -0.383. The third-order valence-electron chi connectivity index (χ3n) is 3.92. The highest BCUT2D eigenvalue weighted by molar-refractivity contribution is 5.90. The molecule has 0 aromatic rings. The molecule has 0 spiro atoms. The fraction of sp³-hybridized carbons (Fsp3) is 0.769. The number of amides is 2. The monoisotopic (exact) mass is 268 g/mol. The van der Waals surface area contributed by atoms with E-state index in [0.717, 1.165) is 25.7 Å². The van der Waals surface area contributed by atoms with E-state index in [4.69, 9.17) is 4.74 Å². The zero-order chi connectivity index (χ0) is 13.8. The molecule has 2 rings (SSSR count). The highest BCUT2D eigenvalue weighted by atomic mass is 16.5. The maximum absolute atomic E-state index is 11.9. The SMILES string of the molecule is COC(=O)C1CCC(NC(=O)C2CCC(=O)N2)CC1. The number of carbonyl (C=O) groups excluding carboxylic acids is 3. The van der Waals surface area contributed by atoms with Crippen molar-refractivity contribution in [2.75, 3.05) is 7.11 Å². The number of nitrogens with one attached hydrogen (secondary N) is 2. The van der Waals surface area contributed by atoms with Crippen LogP contribution in [-0.2, 0) is 19.1 Å². The van der Waals surface area contributed by atoms with Crippen molar-refractivity contribution >= 4 is 17.8 Å². The summed E-state index contributed by atoms with van der Waals surface area (Å²) in [6, 6.07) is -0.281. The van der Waals surface area contributed by atoms with E-state index in [1.807, 2.05) is 0 Å². The van der Waals surface area contributed by atoms with Crippen molar-refractivity contribution in [1.82, 2.24) is 10.6 Å². The van der Waals surface area contributed by atoms with Gasteiger partial charge in [-0.3, -0.25) is 14.4 Å². The van der Waals surface area contributed by atoms with Crippen molar-refractivity contribution in [3.63, 3.8) is 0 Å². The predicted molar refractivity (Wildman–Crippen MR) is 67.1 cm³/mol. The molecule has 0 aromatic heterocycles. The molecule has 1 aliphatic carbocycles. The van der Waals surface area contributed by atoms with E-state index in [2.05, 4.69) is 10.6 Å². The van der Waals surface area contributed by atoms with E-state index < -0.39 is 0 Å². The first kappa shape index (κ1) is 13.8. The Morgan fingerprint density at radius 2 is 1.89 bits per heavy atom. The molecular weight excluding hydrogens is 248 g/mol. The van der Waals surface area contributed by atoms with Crippen molar-refractivity contribution in [1.29, 1.82) is 0 Å². The second kappa shape index (κ2) is 6.04. The summed E-state index contributed by atoms with van der Waals surface area (Å²) in [5, 5.41) is 5.61. The number of rotatable bonds is 3. The van der Waals surface area contributed by atoms with Crippen LogP contribution < -0.4 is 10.6 Å². The van der Waals surface area contributed by atoms with Crippen LogP contribution in [0.15, 0.2) is 0 Å². The van der Waals surface area contributed by atoms with Gasteiger partial charge in [0.1, 0.15) is 6.04 Å². The van der Waals surface area contributed by atoms with Gasteiger partial charge in [-0.25, -0.2) is 0 Å². The Bertz CT molecular complexity index is 375. The smallest absolute Gasteiger partial charge is 0.308 e. The van der Waals surface area contributed by atoms with Crippen LogP contribution in [0.4, 0.5) is 0 Å². The van der Waals surface area contributed by atoms with Crippen LogP contribution in [0.5, 0.6) is 0 Å². The summed E-state index contributed by atoms with van der Waals surface area (Å²) < 4.78 is 4.73. The predicted octanol–water partition coefficient (Wildman–Crippen LogP) is 0.113. The number of hydrogen-bond donors (Lipinski definition) is 2. The molecule has 0 radical (unpaired) electrons. The van der Waals surface area contributed by atoms with Gasteiger partial charge < -0.3 is 15.4 Å². The number of carbonyl (C=O) groups is 3. The first-order chi connectivity index (χ1) is 9.10. The quantitative estimate of drug-likeness (QED) is 0.712. The Morgan fingerprint density at radius 3 is 2.42 bits per heavy atom. The molecule has 2 N–H and O–H groups in total. The summed E-state index contributed by atoms with van der Waals surface area (Å²) >= 11 is 0. The summed E-state index contributed by atoms with van der Waals surface area (Å²) in [6.07, 6.45) is 4.05. The molecule has 2 aliphatic rings. The van der Waals surface area contributed by atoms with Gasteiger partial charge >= 0.3 is 5.97 Å². The van der Waals surface area contributed by atoms with Crippen LogP contribution in [0.25, 0.3) is 0 Å². The lowest BCUT2D eigenvalue weighted by atomic mass is 9.86. The van der Waals surface area contributed by atoms with Crippen LogP contribution in [0, 0.1) is 5.92 Å². The second-order valence-electron chi connectivity index (χ2n) is 5.24. The van der Waals surface area contributed by atoms with Crippen molar-refractivity contribution in [3.8, 4) is 0 Å². The highest BCUT2D eigenvalue weighted by Gasteiger charge is 2.31. The van der Waals surface area contributed by atoms with Gasteiger partial charge in [-0.05, 0) is 32.1 Å². The lowest BCUT2D eigenvalue weighted by Gasteiger charge is -2.28. The lowest BCUT2D eigenvalue weighted by Crippen LogP contribution is -2.47. The fourth-order valence-corrected chi connectivity index (χ4v) is 2.75. The molecule has 1 atom stereocenters. The highest BCUT2D eigenvalue weighted by Crippen LogP contribution is 2.25. The summed E-state index contributed by atoms with van der Waals surface area (Å²) in [5.41, 5.74) is 0. The molecule has 1 unspecified atom stereocenters. The van der Waals surface area contributed by atoms with Gasteiger partial charge in [0, 0.05) is 12.5 Å². The van der Waals surface area contributed by atoms with E-state index in [9.17, 15) is 14.4 Å². The molecule has 19 heavy (non-hydrogen) atoms. The Hall–Kier alpha value is -1.59. The average molecular weight is 268 g/mol. The Labute approximate surface area is 112 Å². The van der Waals surface area contributed by atoms with Gasteiger partial charge in [0.2, 0.25) is 11.8 Å². The van der Waals surface area contributed by atoms with Crippen molar-refractivity contribution in [2.24, 2.45) is 5.92 Å². The second-order valence-corrected chi connectivity index (χ2v) is 5.24. The van der Waals surface area contributed by atoms with Crippen LogP contribution in [-0.4, -0.2) is 37.0 Å². The van der Waals surface area contributed by atoms with Gasteiger partial charge in [0.15, 0.2) is 0 Å². The van der Waals surface area contributed by atoms with Crippen LogP contribution in [0.2, 0.25) is 0 Å². The minimum Gasteiger partial charge on any atom is -0.469 e. The molecule has 2 fully saturated rings. The third kappa shape index (κ3) is 3.45. The number of hydrogen-bond acceptors (Lipinski definition) is 4. The van der Waals surface area contributed by atoms with Gasteiger partial charge in [0.05, 0.1) is 13.0 Å². The van der Waals surface area contributed by atoms with Crippen molar-refractivity contribution < 1.29 is 19.1 Å². The molecular formula is C13H20N2O4. The summed E-state index contributed by atoms with van der Waals surface area (Å²) in [5.74, 6) is -0.362. The lowest BCUT2D eigenvalue weighted by molar-refractivity contribution is -0.146. The zero-order valence-electron chi connectivity index (χ0n) is 11.1.